The van der Waals surface area contributed by atoms with Crippen LogP contribution in [-0.4, -0.2) is 64.5 Å². The van der Waals surface area contributed by atoms with Crippen molar-refractivity contribution in [1.29, 1.82) is 0 Å². The van der Waals surface area contributed by atoms with Crippen molar-refractivity contribution < 1.29 is 67.8 Å². The average molecular weight is 637 g/mol. The van der Waals surface area contributed by atoms with Crippen molar-refractivity contribution in [2.45, 2.75) is 165 Å². The van der Waals surface area contributed by atoms with Crippen LogP contribution in [0.2, 0.25) is 0 Å². The molecule has 0 aliphatic carbocycles. The van der Waals surface area contributed by atoms with E-state index in [1.807, 2.05) is 0 Å². The molecule has 11 heteroatoms. The van der Waals surface area contributed by atoms with Crippen molar-refractivity contribution in [3.8, 4) is 0 Å². The van der Waals surface area contributed by atoms with Crippen molar-refractivity contribution in [3.05, 3.63) is 0 Å². The molecule has 0 aliphatic heterocycles. The predicted molar refractivity (Wildman–Crippen MR) is 152 cm³/mol. The van der Waals surface area contributed by atoms with E-state index in [0.29, 0.717) is 33.0 Å². The SMILES string of the molecule is CCCCOC(C)[O-].CCCCOC(C)[O-].CCCCOC(C)[O-].CCCCOC(C)[O-].CCCCOC(C)[O-].[V]. The number of ether oxygens (including phenoxy) is 5. The third kappa shape index (κ3) is 92.4. The van der Waals surface area contributed by atoms with Gasteiger partial charge in [-0.05, 0) is 63.6 Å². The summed E-state index contributed by atoms with van der Waals surface area (Å²) in [7, 11) is 0. The fourth-order valence-corrected chi connectivity index (χ4v) is 1.97. The molecule has 5 unspecified atom stereocenters. The smallest absolute Gasteiger partial charge is 0.0451 e. The fourth-order valence-electron chi connectivity index (χ4n) is 1.97. The van der Waals surface area contributed by atoms with Crippen LogP contribution in [0.3, 0.4) is 0 Å². The van der Waals surface area contributed by atoms with Crippen molar-refractivity contribution >= 4 is 0 Å². The first-order chi connectivity index (χ1) is 18.9. The van der Waals surface area contributed by atoms with Gasteiger partial charge in [-0.3, -0.25) is 0 Å². The minimum absolute atomic E-state index is 0. The van der Waals surface area contributed by atoms with E-state index in [4.69, 9.17) is 23.7 Å². The molecule has 0 aromatic heterocycles. The topological polar surface area (TPSA) is 161 Å². The molecule has 0 saturated carbocycles. The molecule has 0 aromatic carbocycles. The molecule has 0 N–H and O–H groups in total. The maximum atomic E-state index is 10.2. The molecule has 0 heterocycles. The zero-order valence-electron chi connectivity index (χ0n) is 28.0. The standard InChI is InChI=1S/5C6H13O2.V/c5*1-3-4-5-8-6(2)7;/h5*6H,3-5H2,1-2H3;/q5*-1;. The van der Waals surface area contributed by atoms with Gasteiger partial charge in [-0.2, -0.15) is 0 Å². The van der Waals surface area contributed by atoms with Crippen molar-refractivity contribution in [2.75, 3.05) is 33.0 Å². The Hall–Kier alpha value is 0.184. The molecule has 255 valence electrons. The number of hydrogen-bond donors (Lipinski definition) is 0. The van der Waals surface area contributed by atoms with E-state index in [-0.39, 0.29) is 18.6 Å². The van der Waals surface area contributed by atoms with E-state index >= 15 is 0 Å². The van der Waals surface area contributed by atoms with Gasteiger partial charge in [0.05, 0.1) is 0 Å². The molecule has 0 aromatic rings. The second kappa shape index (κ2) is 49.8. The molecule has 5 atom stereocenters. The number of rotatable bonds is 20. The predicted octanol–water partition coefficient (Wildman–Crippen LogP) is 2.54. The first-order valence-corrected chi connectivity index (χ1v) is 15.2. The molecule has 0 spiro atoms. The first-order valence-electron chi connectivity index (χ1n) is 15.2. The summed E-state index contributed by atoms with van der Waals surface area (Å²) in [6, 6.07) is 0. The van der Waals surface area contributed by atoms with Gasteiger partial charge in [0.1, 0.15) is 0 Å². The first kappa shape index (κ1) is 53.7. The van der Waals surface area contributed by atoms with Crippen LogP contribution >= 0.6 is 0 Å². The Bertz CT molecular complexity index is 307. The van der Waals surface area contributed by atoms with E-state index < -0.39 is 31.5 Å². The molecular formula is C30H65O10V-5. The Morgan fingerprint density at radius 3 is 0.537 bits per heavy atom. The van der Waals surface area contributed by atoms with Crippen LogP contribution in [0.4, 0.5) is 0 Å². The van der Waals surface area contributed by atoms with Crippen LogP contribution < -0.4 is 25.5 Å². The van der Waals surface area contributed by atoms with Crippen LogP contribution in [0, 0.1) is 0 Å². The van der Waals surface area contributed by atoms with Gasteiger partial charge in [0, 0.05) is 51.6 Å². The Morgan fingerprint density at radius 2 is 0.463 bits per heavy atom. The van der Waals surface area contributed by atoms with E-state index in [9.17, 15) is 25.5 Å². The molecule has 0 bridgehead atoms. The summed E-state index contributed by atoms with van der Waals surface area (Å²) >= 11 is 0. The Kier molecular flexibility index (Phi) is 65.3. The van der Waals surface area contributed by atoms with Crippen LogP contribution in [-0.2, 0) is 42.2 Å². The summed E-state index contributed by atoms with van der Waals surface area (Å²) in [4.78, 5) is 0. The molecule has 10 nitrogen and oxygen atoms in total. The molecule has 0 aliphatic rings. The van der Waals surface area contributed by atoms with Gasteiger partial charge in [-0.15, -0.1) is 0 Å². The minimum atomic E-state index is -0.846. The van der Waals surface area contributed by atoms with E-state index in [2.05, 4.69) is 34.6 Å². The second-order valence-electron chi connectivity index (χ2n) is 8.96. The maximum absolute atomic E-state index is 10.2. The van der Waals surface area contributed by atoms with Crippen molar-refractivity contribution in [1.82, 2.24) is 0 Å². The Labute approximate surface area is 265 Å². The Balaban J connectivity index is -0.0000000928. The maximum Gasteiger partial charge on any atom is 0.0451 e. The second-order valence-corrected chi connectivity index (χ2v) is 8.96. The summed E-state index contributed by atoms with van der Waals surface area (Å²) in [6.07, 6.45) is 6.18. The normalized spacial score (nSPS) is 13.5. The van der Waals surface area contributed by atoms with Gasteiger partial charge in [-0.25, -0.2) is 0 Å². The molecule has 1 radical (unpaired) electrons. The van der Waals surface area contributed by atoms with Crippen LogP contribution in [0.1, 0.15) is 133 Å². The molecule has 41 heavy (non-hydrogen) atoms. The minimum Gasteiger partial charge on any atom is -0.831 e. The third-order valence-electron chi connectivity index (χ3n) is 4.25. The molecular weight excluding hydrogens is 571 g/mol. The summed E-state index contributed by atoms with van der Waals surface area (Å²) in [5.74, 6) is 0. The zero-order chi connectivity index (χ0) is 32.0. The zero-order valence-corrected chi connectivity index (χ0v) is 29.4. The summed E-state index contributed by atoms with van der Waals surface area (Å²) in [5, 5.41) is 50.9. The molecule has 0 amide bonds. The van der Waals surface area contributed by atoms with Crippen molar-refractivity contribution in [3.63, 3.8) is 0 Å². The van der Waals surface area contributed by atoms with E-state index in [0.717, 1.165) is 64.2 Å². The van der Waals surface area contributed by atoms with Crippen LogP contribution in [0.25, 0.3) is 0 Å². The van der Waals surface area contributed by atoms with Crippen LogP contribution in [0.5, 0.6) is 0 Å². The van der Waals surface area contributed by atoms with E-state index in [1.54, 1.807) is 0 Å². The van der Waals surface area contributed by atoms with Gasteiger partial charge in [0.15, 0.2) is 0 Å². The monoisotopic (exact) mass is 636 g/mol. The molecule has 0 saturated heterocycles. The Morgan fingerprint density at radius 1 is 0.341 bits per heavy atom. The third-order valence-corrected chi connectivity index (χ3v) is 4.25. The molecule has 0 fully saturated rings. The number of hydrogen-bond acceptors (Lipinski definition) is 10. The van der Waals surface area contributed by atoms with Crippen molar-refractivity contribution in [2.24, 2.45) is 0 Å². The van der Waals surface area contributed by atoms with Gasteiger partial charge in [0.2, 0.25) is 0 Å². The van der Waals surface area contributed by atoms with Gasteiger partial charge >= 0.3 is 0 Å². The summed E-state index contributed by atoms with van der Waals surface area (Å²) < 4.78 is 23.6. The summed E-state index contributed by atoms with van der Waals surface area (Å²) in [6.45, 7) is 21.0. The number of unbranched alkanes of at least 4 members (excludes halogenated alkanes) is 5. The van der Waals surface area contributed by atoms with Crippen LogP contribution in [0.15, 0.2) is 0 Å². The van der Waals surface area contributed by atoms with Gasteiger partial charge < -0.3 is 49.2 Å². The van der Waals surface area contributed by atoms with Gasteiger partial charge in [-0.1, -0.05) is 101 Å². The molecule has 0 rings (SSSR count). The fraction of sp³-hybridized carbons (Fsp3) is 1.00. The van der Waals surface area contributed by atoms with Gasteiger partial charge in [0.25, 0.3) is 0 Å². The average Bonchev–Trinajstić information content (AvgIpc) is 2.86. The quantitative estimate of drug-likeness (QED) is 0.143. The largest absolute Gasteiger partial charge is 0.831 e. The summed E-state index contributed by atoms with van der Waals surface area (Å²) in [5.41, 5.74) is 0. The van der Waals surface area contributed by atoms with E-state index in [1.165, 1.54) is 34.6 Å².